The molecular weight excluding hydrogens is 338 g/mol. The van der Waals surface area contributed by atoms with Gasteiger partial charge in [0.05, 0.1) is 12.2 Å². The zero-order valence-corrected chi connectivity index (χ0v) is 14.2. The number of carbonyl (C=O) groups excluding carboxylic acids is 4. The van der Waals surface area contributed by atoms with Crippen LogP contribution in [0.3, 0.4) is 0 Å². The molecule has 2 amide bonds. The Labute approximate surface area is 142 Å². The minimum Gasteiger partial charge on any atom is -0.330 e. The van der Waals surface area contributed by atoms with Gasteiger partial charge < -0.3 is 15.0 Å². The fourth-order valence-corrected chi connectivity index (χ4v) is 1.48. The van der Waals surface area contributed by atoms with E-state index in [9.17, 15) is 19.2 Å². The first-order valence-corrected chi connectivity index (χ1v) is 5.46. The van der Waals surface area contributed by atoms with Crippen LogP contribution < -0.4 is 5.43 Å². The average molecular weight is 350 g/mol. The Hall–Kier alpha value is -1.14. The van der Waals surface area contributed by atoms with Crippen molar-refractivity contribution in [2.45, 2.75) is 13.8 Å². The van der Waals surface area contributed by atoms with Gasteiger partial charge in [0, 0.05) is 7.05 Å². The summed E-state index contributed by atoms with van der Waals surface area (Å²) in [6.07, 6.45) is 2.41. The molecule has 9 heteroatoms. The first kappa shape index (κ1) is 18.9. The van der Waals surface area contributed by atoms with E-state index in [2.05, 4.69) is 16.6 Å². The van der Waals surface area contributed by atoms with Crippen molar-refractivity contribution in [1.82, 2.24) is 10.3 Å². The molecule has 20 heavy (non-hydrogen) atoms. The van der Waals surface area contributed by atoms with Gasteiger partial charge in [-0.25, -0.2) is 0 Å². The summed E-state index contributed by atoms with van der Waals surface area (Å²) in [6, 6.07) is 0. The second-order valence-corrected chi connectivity index (χ2v) is 3.85. The maximum absolute atomic E-state index is 12.0. The Kier molecular flexibility index (Phi) is 7.75. The molecule has 1 N–H and O–H groups in total. The molecule has 0 spiro atoms. The summed E-state index contributed by atoms with van der Waals surface area (Å²) in [4.78, 5) is 46.5. The van der Waals surface area contributed by atoms with E-state index in [0.717, 1.165) is 7.28 Å². The Morgan fingerprint density at radius 3 is 2.50 bits per heavy atom. The SMILES string of the molecule is CN/N=C1/C(=O)N(CC(=O)[B]C(C)=O)C(=O)[C-]=C1C.[Y+3]. The van der Waals surface area contributed by atoms with E-state index in [1.807, 2.05) is 0 Å². The molecule has 1 aliphatic heterocycles. The van der Waals surface area contributed by atoms with Crippen molar-refractivity contribution < 1.29 is 51.9 Å². The molecule has 0 unspecified atom stereocenters. The van der Waals surface area contributed by atoms with E-state index in [1.165, 1.54) is 20.9 Å². The molecule has 7 nitrogen and oxygen atoms in total. The predicted molar refractivity (Wildman–Crippen MR) is 67.1 cm³/mol. The molecule has 0 bridgehead atoms. The van der Waals surface area contributed by atoms with E-state index in [4.69, 9.17) is 0 Å². The van der Waals surface area contributed by atoms with Gasteiger partial charge in [-0.1, -0.05) is 6.92 Å². The van der Waals surface area contributed by atoms with Gasteiger partial charge in [-0.05, 0) is 12.6 Å². The number of hydrogen-bond donors (Lipinski definition) is 1. The van der Waals surface area contributed by atoms with Crippen molar-refractivity contribution in [2.75, 3.05) is 13.6 Å². The monoisotopic (exact) mass is 350 g/mol. The van der Waals surface area contributed by atoms with Crippen LogP contribution >= 0.6 is 0 Å². The molecule has 0 atom stereocenters. The number of nitrogens with zero attached hydrogens (tertiary/aromatic N) is 2. The quantitative estimate of drug-likeness (QED) is 0.281. The van der Waals surface area contributed by atoms with Gasteiger partial charge in [0.2, 0.25) is 0 Å². The molecule has 0 aromatic carbocycles. The maximum Gasteiger partial charge on any atom is 3.00 e. The number of hydrazone groups is 1. The van der Waals surface area contributed by atoms with Crippen LogP contribution in [-0.4, -0.2) is 54.7 Å². The summed E-state index contributed by atoms with van der Waals surface area (Å²) >= 11 is 0. The Morgan fingerprint density at radius 1 is 1.40 bits per heavy atom. The molecule has 99 valence electrons. The van der Waals surface area contributed by atoms with Gasteiger partial charge in [0.15, 0.2) is 11.8 Å². The zero-order valence-electron chi connectivity index (χ0n) is 11.4. The van der Waals surface area contributed by atoms with Gasteiger partial charge in [-0.2, -0.15) is 11.6 Å². The van der Waals surface area contributed by atoms with Gasteiger partial charge in [0.25, 0.3) is 7.28 Å². The van der Waals surface area contributed by atoms with E-state index in [0.29, 0.717) is 10.5 Å². The standard InChI is InChI=1S/C11H12BN3O4.Y/c1-6-4-9(18)15(5-8(17)12-7(2)16)11(19)10(6)14-13-3;/h13H,5H2,1-3H3;/q-1;+3/b14-10+;. The first-order valence-electron chi connectivity index (χ1n) is 5.46. The van der Waals surface area contributed by atoms with E-state index in [1.54, 1.807) is 0 Å². The van der Waals surface area contributed by atoms with Crippen LogP contribution in [0.2, 0.25) is 0 Å². The summed E-state index contributed by atoms with van der Waals surface area (Å²) in [6.45, 7) is 2.23. The number of hydrogen-bond acceptors (Lipinski definition) is 6. The zero-order chi connectivity index (χ0) is 14.6. The minimum absolute atomic E-state index is 0. The number of carbonyl (C=O) groups is 4. The summed E-state index contributed by atoms with van der Waals surface area (Å²) in [7, 11) is 2.34. The molecule has 0 saturated heterocycles. The van der Waals surface area contributed by atoms with Crippen LogP contribution in [-0.2, 0) is 51.9 Å². The Bertz CT molecular complexity index is 516. The van der Waals surface area contributed by atoms with Crippen LogP contribution in [0.5, 0.6) is 0 Å². The Morgan fingerprint density at radius 2 is 2.00 bits per heavy atom. The van der Waals surface area contributed by atoms with Gasteiger partial charge in [0.1, 0.15) is 5.68 Å². The third-order valence-corrected chi connectivity index (χ3v) is 2.24. The molecule has 0 saturated carbocycles. The van der Waals surface area contributed by atoms with E-state index < -0.39 is 29.7 Å². The van der Waals surface area contributed by atoms with Gasteiger partial charge in [-0.15, -0.1) is 0 Å². The van der Waals surface area contributed by atoms with Crippen molar-refractivity contribution in [3.05, 3.63) is 11.6 Å². The molecule has 0 aromatic heterocycles. The average Bonchev–Trinajstić information content (AvgIpc) is 2.29. The van der Waals surface area contributed by atoms with E-state index in [-0.39, 0.29) is 38.4 Å². The summed E-state index contributed by atoms with van der Waals surface area (Å²) in [5.41, 5.74) is 1.68. The second kappa shape index (κ2) is 8.21. The molecule has 1 radical (unpaired) electrons. The fourth-order valence-electron chi connectivity index (χ4n) is 1.48. The summed E-state index contributed by atoms with van der Waals surface area (Å²) in [5, 5.41) is 3.73. The van der Waals surface area contributed by atoms with Crippen molar-refractivity contribution in [1.29, 1.82) is 0 Å². The molecule has 0 aliphatic carbocycles. The van der Waals surface area contributed by atoms with E-state index >= 15 is 0 Å². The number of nitrogens with one attached hydrogen (secondary N) is 1. The second-order valence-electron chi connectivity index (χ2n) is 3.85. The van der Waals surface area contributed by atoms with Crippen LogP contribution in [0.25, 0.3) is 0 Å². The third kappa shape index (κ3) is 4.76. The topological polar surface area (TPSA) is 95.9 Å². The molecule has 1 rings (SSSR count). The Balaban J connectivity index is 0.00000361. The number of imide groups is 1. The van der Waals surface area contributed by atoms with Crippen LogP contribution in [0.15, 0.2) is 10.7 Å². The number of amides is 2. The summed E-state index contributed by atoms with van der Waals surface area (Å²) in [5.74, 6) is -1.41. The maximum atomic E-state index is 12.0. The fraction of sp³-hybridized carbons (Fsp3) is 0.364. The molecule has 1 aliphatic rings. The molecule has 0 fully saturated rings. The van der Waals surface area contributed by atoms with Crippen molar-refractivity contribution in [3.63, 3.8) is 0 Å². The number of rotatable bonds is 5. The minimum atomic E-state index is -0.720. The molecular formula is C11H12BN3O4Y+2. The molecule has 1 heterocycles. The third-order valence-electron chi connectivity index (χ3n) is 2.24. The largest absolute Gasteiger partial charge is 3.00 e. The van der Waals surface area contributed by atoms with Crippen LogP contribution in [0.1, 0.15) is 13.8 Å². The smallest absolute Gasteiger partial charge is 0.330 e. The van der Waals surface area contributed by atoms with Crippen molar-refractivity contribution in [2.24, 2.45) is 5.10 Å². The van der Waals surface area contributed by atoms with Crippen molar-refractivity contribution in [3.8, 4) is 0 Å². The predicted octanol–water partition coefficient (Wildman–Crippen LogP) is -1.55. The normalized spacial score (nSPS) is 16.4. The summed E-state index contributed by atoms with van der Waals surface area (Å²) < 4.78 is 0. The van der Waals surface area contributed by atoms with Crippen LogP contribution in [0.4, 0.5) is 0 Å². The van der Waals surface area contributed by atoms with Crippen LogP contribution in [0, 0.1) is 6.08 Å². The van der Waals surface area contributed by atoms with Gasteiger partial charge >= 0.3 is 32.7 Å². The first-order chi connectivity index (χ1) is 8.86. The molecule has 0 aromatic rings. The van der Waals surface area contributed by atoms with Crippen molar-refractivity contribution >= 4 is 36.2 Å². The van der Waals surface area contributed by atoms with Gasteiger partial charge in [-0.3, -0.25) is 19.6 Å².